The highest BCUT2D eigenvalue weighted by molar-refractivity contribution is 6.30. The second kappa shape index (κ2) is 4.79. The van der Waals surface area contributed by atoms with Crippen molar-refractivity contribution < 1.29 is 9.18 Å². The van der Waals surface area contributed by atoms with Crippen molar-refractivity contribution in [2.24, 2.45) is 5.73 Å². The number of nitrogens with zero attached hydrogens (tertiary/aromatic N) is 2. The predicted molar refractivity (Wildman–Crippen MR) is 64.8 cm³/mol. The van der Waals surface area contributed by atoms with Gasteiger partial charge in [-0.05, 0) is 18.2 Å². The van der Waals surface area contributed by atoms with Gasteiger partial charge in [-0.1, -0.05) is 11.6 Å². The van der Waals surface area contributed by atoms with Crippen LogP contribution >= 0.6 is 11.6 Å². The number of piperazine rings is 1. The summed E-state index contributed by atoms with van der Waals surface area (Å²) >= 11 is 5.62. The van der Waals surface area contributed by atoms with E-state index in [1.807, 2.05) is 4.90 Å². The number of amides is 2. The third-order valence-electron chi connectivity index (χ3n) is 2.86. The van der Waals surface area contributed by atoms with E-state index in [0.717, 1.165) is 5.69 Å². The largest absolute Gasteiger partial charge is 0.368 e. The van der Waals surface area contributed by atoms with E-state index in [1.54, 1.807) is 11.0 Å². The standard InChI is InChI=1S/C11H13ClFN3O/c12-9-2-1-8(7-10(9)13)15-3-5-16(6-4-15)11(14)17/h1-2,7H,3-6H2,(H2,14,17). The summed E-state index contributed by atoms with van der Waals surface area (Å²) in [5, 5.41) is 0.115. The van der Waals surface area contributed by atoms with Gasteiger partial charge in [0.25, 0.3) is 0 Å². The molecule has 2 N–H and O–H groups in total. The first-order chi connectivity index (χ1) is 8.08. The first-order valence-electron chi connectivity index (χ1n) is 5.32. The van der Waals surface area contributed by atoms with E-state index < -0.39 is 11.8 Å². The Morgan fingerprint density at radius 2 is 1.94 bits per heavy atom. The number of rotatable bonds is 1. The van der Waals surface area contributed by atoms with Gasteiger partial charge in [0.15, 0.2) is 0 Å². The summed E-state index contributed by atoms with van der Waals surface area (Å²) in [6.07, 6.45) is 0. The highest BCUT2D eigenvalue weighted by Crippen LogP contribution is 2.22. The zero-order chi connectivity index (χ0) is 12.4. The van der Waals surface area contributed by atoms with E-state index in [2.05, 4.69) is 0 Å². The minimum atomic E-state index is -0.429. The van der Waals surface area contributed by atoms with Crippen molar-refractivity contribution in [1.29, 1.82) is 0 Å². The molecule has 4 nitrogen and oxygen atoms in total. The molecule has 0 aromatic heterocycles. The van der Waals surface area contributed by atoms with Crippen molar-refractivity contribution >= 4 is 23.3 Å². The summed E-state index contributed by atoms with van der Waals surface area (Å²) in [5.74, 6) is -0.429. The topological polar surface area (TPSA) is 49.6 Å². The van der Waals surface area contributed by atoms with Crippen molar-refractivity contribution in [1.82, 2.24) is 4.90 Å². The maximum absolute atomic E-state index is 13.3. The van der Waals surface area contributed by atoms with Gasteiger partial charge in [0.2, 0.25) is 0 Å². The Balaban J connectivity index is 2.05. The molecule has 0 saturated carbocycles. The lowest BCUT2D eigenvalue weighted by Crippen LogP contribution is -2.50. The normalized spacial score (nSPS) is 16.1. The van der Waals surface area contributed by atoms with Crippen LogP contribution in [0.15, 0.2) is 18.2 Å². The van der Waals surface area contributed by atoms with Crippen LogP contribution in [0.2, 0.25) is 5.02 Å². The van der Waals surface area contributed by atoms with Gasteiger partial charge in [-0.2, -0.15) is 0 Å². The number of hydrogen-bond acceptors (Lipinski definition) is 2. The van der Waals surface area contributed by atoms with Crippen molar-refractivity contribution in [2.45, 2.75) is 0 Å². The number of benzene rings is 1. The number of nitrogens with two attached hydrogens (primary N) is 1. The molecule has 1 fully saturated rings. The van der Waals surface area contributed by atoms with Gasteiger partial charge in [-0.25, -0.2) is 9.18 Å². The summed E-state index contributed by atoms with van der Waals surface area (Å²) in [6, 6.07) is 4.30. The lowest BCUT2D eigenvalue weighted by Gasteiger charge is -2.35. The molecule has 0 unspecified atom stereocenters. The number of carbonyl (C=O) groups excluding carboxylic acids is 1. The van der Waals surface area contributed by atoms with Gasteiger partial charge in [0.05, 0.1) is 5.02 Å². The SMILES string of the molecule is NC(=O)N1CCN(c2ccc(Cl)c(F)c2)CC1. The zero-order valence-electron chi connectivity index (χ0n) is 9.20. The summed E-state index contributed by atoms with van der Waals surface area (Å²) in [7, 11) is 0. The van der Waals surface area contributed by atoms with Crippen LogP contribution in [0.4, 0.5) is 14.9 Å². The lowest BCUT2D eigenvalue weighted by molar-refractivity contribution is 0.204. The van der Waals surface area contributed by atoms with E-state index in [0.29, 0.717) is 26.2 Å². The van der Waals surface area contributed by atoms with E-state index in [9.17, 15) is 9.18 Å². The van der Waals surface area contributed by atoms with Crippen LogP contribution < -0.4 is 10.6 Å². The molecule has 1 aromatic carbocycles. The number of carbonyl (C=O) groups is 1. The fourth-order valence-electron chi connectivity index (χ4n) is 1.87. The minimum Gasteiger partial charge on any atom is -0.368 e. The zero-order valence-corrected chi connectivity index (χ0v) is 9.95. The number of hydrogen-bond donors (Lipinski definition) is 1. The molecule has 92 valence electrons. The molecule has 1 heterocycles. The van der Waals surface area contributed by atoms with E-state index in [-0.39, 0.29) is 5.02 Å². The number of urea groups is 1. The Labute approximate surface area is 104 Å². The smallest absolute Gasteiger partial charge is 0.314 e. The first-order valence-corrected chi connectivity index (χ1v) is 5.70. The van der Waals surface area contributed by atoms with Crippen LogP contribution in [0, 0.1) is 5.82 Å². The summed E-state index contributed by atoms with van der Waals surface area (Å²) in [5.41, 5.74) is 5.96. The third kappa shape index (κ3) is 2.61. The van der Waals surface area contributed by atoms with Gasteiger partial charge in [-0.15, -0.1) is 0 Å². The van der Waals surface area contributed by atoms with Gasteiger partial charge >= 0.3 is 6.03 Å². The molecule has 0 atom stereocenters. The molecule has 1 aromatic rings. The van der Waals surface area contributed by atoms with Crippen LogP contribution in [-0.2, 0) is 0 Å². The molecule has 0 aliphatic carbocycles. The fraction of sp³-hybridized carbons (Fsp3) is 0.364. The number of halogens is 2. The van der Waals surface area contributed by atoms with Gasteiger partial charge in [-0.3, -0.25) is 0 Å². The molecular formula is C11H13ClFN3O. The number of anilines is 1. The summed E-state index contributed by atoms with van der Waals surface area (Å²) in [6.45, 7) is 2.40. The Hall–Kier alpha value is -1.49. The predicted octanol–water partition coefficient (Wildman–Crippen LogP) is 1.68. The molecule has 0 bridgehead atoms. The third-order valence-corrected chi connectivity index (χ3v) is 3.17. The van der Waals surface area contributed by atoms with E-state index in [1.165, 1.54) is 12.1 Å². The Kier molecular flexibility index (Phi) is 3.38. The quantitative estimate of drug-likeness (QED) is 0.832. The van der Waals surface area contributed by atoms with Gasteiger partial charge < -0.3 is 15.5 Å². The highest BCUT2D eigenvalue weighted by atomic mass is 35.5. The maximum atomic E-state index is 13.3. The van der Waals surface area contributed by atoms with Crippen LogP contribution in [0.5, 0.6) is 0 Å². The second-order valence-electron chi connectivity index (χ2n) is 3.91. The minimum absolute atomic E-state index is 0.115. The van der Waals surface area contributed by atoms with Crippen molar-refractivity contribution in [3.05, 3.63) is 29.0 Å². The maximum Gasteiger partial charge on any atom is 0.314 e. The van der Waals surface area contributed by atoms with Crippen molar-refractivity contribution in [3.8, 4) is 0 Å². The molecule has 0 radical (unpaired) electrons. The Morgan fingerprint density at radius 1 is 1.29 bits per heavy atom. The lowest BCUT2D eigenvalue weighted by atomic mass is 10.2. The highest BCUT2D eigenvalue weighted by Gasteiger charge is 2.19. The van der Waals surface area contributed by atoms with Gasteiger partial charge in [0.1, 0.15) is 5.82 Å². The Morgan fingerprint density at radius 3 is 2.47 bits per heavy atom. The van der Waals surface area contributed by atoms with E-state index >= 15 is 0 Å². The van der Waals surface area contributed by atoms with Gasteiger partial charge in [0, 0.05) is 31.9 Å². The molecule has 2 amide bonds. The van der Waals surface area contributed by atoms with E-state index in [4.69, 9.17) is 17.3 Å². The van der Waals surface area contributed by atoms with Crippen molar-refractivity contribution in [3.63, 3.8) is 0 Å². The number of primary amides is 1. The molecule has 17 heavy (non-hydrogen) atoms. The summed E-state index contributed by atoms with van der Waals surface area (Å²) < 4.78 is 13.3. The molecule has 2 rings (SSSR count). The van der Waals surface area contributed by atoms with Crippen molar-refractivity contribution in [2.75, 3.05) is 31.1 Å². The molecule has 1 saturated heterocycles. The van der Waals surface area contributed by atoms with Crippen LogP contribution in [-0.4, -0.2) is 37.1 Å². The molecule has 1 aliphatic rings. The van der Waals surface area contributed by atoms with Crippen LogP contribution in [0.25, 0.3) is 0 Å². The second-order valence-corrected chi connectivity index (χ2v) is 4.32. The molecule has 0 spiro atoms. The average Bonchev–Trinajstić information content (AvgIpc) is 2.33. The molecular weight excluding hydrogens is 245 g/mol. The van der Waals surface area contributed by atoms with Crippen LogP contribution in [0.1, 0.15) is 0 Å². The fourth-order valence-corrected chi connectivity index (χ4v) is 1.98. The average molecular weight is 258 g/mol. The molecule has 1 aliphatic heterocycles. The van der Waals surface area contributed by atoms with Crippen LogP contribution in [0.3, 0.4) is 0 Å². The monoisotopic (exact) mass is 257 g/mol. The Bertz CT molecular complexity index is 433. The summed E-state index contributed by atoms with van der Waals surface area (Å²) in [4.78, 5) is 14.5. The first kappa shape index (κ1) is 12.0. The molecule has 6 heteroatoms.